The number of benzene rings is 1. The summed E-state index contributed by atoms with van der Waals surface area (Å²) in [5.74, 6) is 1.45. The summed E-state index contributed by atoms with van der Waals surface area (Å²) < 4.78 is 1.68. The molecule has 29 heavy (non-hydrogen) atoms. The van der Waals surface area contributed by atoms with Gasteiger partial charge in [0, 0.05) is 18.8 Å². The first kappa shape index (κ1) is 18.9. The largest absolute Gasteiger partial charge is 0.367 e. The zero-order valence-corrected chi connectivity index (χ0v) is 16.7. The van der Waals surface area contributed by atoms with E-state index in [1.807, 2.05) is 37.4 Å². The second-order valence-electron chi connectivity index (χ2n) is 7.52. The van der Waals surface area contributed by atoms with Crippen LogP contribution in [0.15, 0.2) is 49.2 Å². The van der Waals surface area contributed by atoms with E-state index < -0.39 is 0 Å². The smallest absolute Gasteiger partial charge is 0.323 e. The van der Waals surface area contributed by atoms with E-state index in [2.05, 4.69) is 37.5 Å². The lowest BCUT2D eigenvalue weighted by molar-refractivity contribution is 0.262. The molecule has 0 spiro atoms. The van der Waals surface area contributed by atoms with Crippen LogP contribution in [-0.4, -0.2) is 38.9 Å². The maximum Gasteiger partial charge on any atom is 0.323 e. The van der Waals surface area contributed by atoms with Gasteiger partial charge in [0.1, 0.15) is 12.0 Å². The normalized spacial score (nSPS) is 14.6. The van der Waals surface area contributed by atoms with Crippen LogP contribution in [0.3, 0.4) is 0 Å². The number of aromatic nitrogens is 4. The summed E-state index contributed by atoms with van der Waals surface area (Å²) in [7, 11) is 0. The maximum atomic E-state index is 12.3. The Balaban J connectivity index is 1.46. The van der Waals surface area contributed by atoms with E-state index in [0.29, 0.717) is 11.5 Å². The molecule has 0 radical (unpaired) electrons. The molecule has 1 aliphatic heterocycles. The molecule has 2 N–H and O–H groups in total. The number of piperidine rings is 1. The minimum absolute atomic E-state index is 0.318. The molecule has 8 heteroatoms. The molecule has 1 aliphatic rings. The van der Waals surface area contributed by atoms with Crippen LogP contribution < -0.4 is 15.5 Å². The van der Waals surface area contributed by atoms with Gasteiger partial charge >= 0.3 is 6.03 Å². The fraction of sp³-hybridized carbons (Fsp3) is 0.333. The van der Waals surface area contributed by atoms with Crippen LogP contribution in [0, 0.1) is 12.8 Å². The first-order chi connectivity index (χ1) is 14.1. The number of hydrogen-bond acceptors (Lipinski definition) is 5. The lowest BCUT2D eigenvalue weighted by Gasteiger charge is -2.32. The van der Waals surface area contributed by atoms with E-state index in [0.717, 1.165) is 48.8 Å². The van der Waals surface area contributed by atoms with Gasteiger partial charge in [0.2, 0.25) is 0 Å². The second-order valence-corrected chi connectivity index (χ2v) is 7.52. The average molecular weight is 391 g/mol. The second kappa shape index (κ2) is 8.30. The van der Waals surface area contributed by atoms with Crippen LogP contribution in [0.25, 0.3) is 5.82 Å². The highest BCUT2D eigenvalue weighted by molar-refractivity contribution is 5.99. The van der Waals surface area contributed by atoms with E-state index in [1.54, 1.807) is 17.1 Å². The van der Waals surface area contributed by atoms with E-state index in [1.165, 1.54) is 6.33 Å². The number of aryl methyl sites for hydroxylation is 1. The van der Waals surface area contributed by atoms with Crippen molar-refractivity contribution in [2.24, 2.45) is 5.92 Å². The average Bonchev–Trinajstić information content (AvgIpc) is 3.18. The number of carbonyl (C=O) groups excluding carboxylic acids is 1. The topological polar surface area (TPSA) is 88.0 Å². The molecule has 1 fully saturated rings. The highest BCUT2D eigenvalue weighted by Crippen LogP contribution is 2.26. The third kappa shape index (κ3) is 4.53. The quantitative estimate of drug-likeness (QED) is 0.705. The Morgan fingerprint density at radius 2 is 1.79 bits per heavy atom. The molecule has 150 valence electrons. The number of amides is 2. The van der Waals surface area contributed by atoms with Gasteiger partial charge < -0.3 is 15.5 Å². The predicted molar refractivity (Wildman–Crippen MR) is 114 cm³/mol. The van der Waals surface area contributed by atoms with Gasteiger partial charge in [-0.15, -0.1) is 0 Å². The van der Waals surface area contributed by atoms with Crippen LogP contribution >= 0.6 is 0 Å². The number of urea groups is 1. The lowest BCUT2D eigenvalue weighted by Crippen LogP contribution is -2.33. The zero-order chi connectivity index (χ0) is 20.2. The molecule has 1 aromatic carbocycles. The summed E-state index contributed by atoms with van der Waals surface area (Å²) >= 11 is 0. The van der Waals surface area contributed by atoms with E-state index in [-0.39, 0.29) is 6.03 Å². The summed E-state index contributed by atoms with van der Waals surface area (Å²) in [5, 5.41) is 10.0. The minimum atomic E-state index is -0.318. The van der Waals surface area contributed by atoms with Crippen LogP contribution in [-0.2, 0) is 0 Å². The Labute approximate surface area is 170 Å². The van der Waals surface area contributed by atoms with Gasteiger partial charge in [0.15, 0.2) is 5.82 Å². The fourth-order valence-corrected chi connectivity index (χ4v) is 3.40. The molecular formula is C21H25N7O. The Bertz CT molecular complexity index is 975. The number of carbonyl (C=O) groups is 1. The van der Waals surface area contributed by atoms with Crippen molar-refractivity contribution in [2.75, 3.05) is 28.6 Å². The van der Waals surface area contributed by atoms with Gasteiger partial charge in [-0.2, -0.15) is 5.10 Å². The van der Waals surface area contributed by atoms with Crippen molar-refractivity contribution in [3.63, 3.8) is 0 Å². The van der Waals surface area contributed by atoms with Crippen molar-refractivity contribution >= 4 is 23.1 Å². The van der Waals surface area contributed by atoms with E-state index in [9.17, 15) is 4.79 Å². The minimum Gasteiger partial charge on any atom is -0.367 e. The van der Waals surface area contributed by atoms with Gasteiger partial charge in [-0.1, -0.05) is 24.6 Å². The maximum absolute atomic E-state index is 12.3. The van der Waals surface area contributed by atoms with Crippen molar-refractivity contribution in [2.45, 2.75) is 26.7 Å². The molecule has 0 saturated carbocycles. The number of nitrogens with one attached hydrogen (secondary N) is 2. The molecule has 0 aliphatic carbocycles. The van der Waals surface area contributed by atoms with Crippen LogP contribution in [0.5, 0.6) is 0 Å². The van der Waals surface area contributed by atoms with Crippen molar-refractivity contribution in [3.8, 4) is 5.82 Å². The molecule has 2 aromatic heterocycles. The van der Waals surface area contributed by atoms with Crippen LogP contribution in [0.1, 0.15) is 25.3 Å². The van der Waals surface area contributed by atoms with Gasteiger partial charge in [-0.05, 0) is 37.8 Å². The molecule has 4 rings (SSSR count). The van der Waals surface area contributed by atoms with Crippen molar-refractivity contribution in [3.05, 3.63) is 54.7 Å². The van der Waals surface area contributed by atoms with Gasteiger partial charge in [0.05, 0.1) is 24.3 Å². The molecule has 0 atom stereocenters. The third-order valence-corrected chi connectivity index (χ3v) is 5.16. The Morgan fingerprint density at radius 1 is 1.07 bits per heavy atom. The number of hydrogen-bond donors (Lipinski definition) is 2. The SMILES string of the molecule is Cc1ccc(NC(=O)Nc2cnn(-c3ncncc3N3CCC(C)CC3)c2)cc1. The summed E-state index contributed by atoms with van der Waals surface area (Å²) in [4.78, 5) is 23.2. The predicted octanol–water partition coefficient (Wildman–Crippen LogP) is 3.85. The van der Waals surface area contributed by atoms with Crippen molar-refractivity contribution in [1.29, 1.82) is 0 Å². The first-order valence-electron chi connectivity index (χ1n) is 9.83. The van der Waals surface area contributed by atoms with Gasteiger partial charge in [-0.25, -0.2) is 19.4 Å². The summed E-state index contributed by atoms with van der Waals surface area (Å²) in [6.45, 7) is 6.25. The molecule has 2 amide bonds. The molecule has 8 nitrogen and oxygen atoms in total. The number of rotatable bonds is 4. The molecule has 0 bridgehead atoms. The summed E-state index contributed by atoms with van der Waals surface area (Å²) in [5.41, 5.74) is 3.42. The molecule has 3 aromatic rings. The third-order valence-electron chi connectivity index (χ3n) is 5.16. The van der Waals surface area contributed by atoms with Crippen molar-refractivity contribution < 1.29 is 4.79 Å². The summed E-state index contributed by atoms with van der Waals surface area (Å²) in [6, 6.07) is 7.31. The van der Waals surface area contributed by atoms with Crippen molar-refractivity contribution in [1.82, 2.24) is 19.7 Å². The lowest BCUT2D eigenvalue weighted by atomic mass is 9.99. The van der Waals surface area contributed by atoms with Crippen LogP contribution in [0.4, 0.5) is 21.9 Å². The standard InChI is InChI=1S/C21H25N7O/c1-15-3-5-17(6-4-15)25-21(29)26-18-11-24-28(13-18)20-19(12-22-14-23-20)27-9-7-16(2)8-10-27/h3-6,11-14,16H,7-10H2,1-2H3,(H2,25,26,29). The fourth-order valence-electron chi connectivity index (χ4n) is 3.40. The Morgan fingerprint density at radius 3 is 2.55 bits per heavy atom. The van der Waals surface area contributed by atoms with Crippen LogP contribution in [0.2, 0.25) is 0 Å². The molecule has 1 saturated heterocycles. The van der Waals surface area contributed by atoms with Gasteiger partial charge in [0.25, 0.3) is 0 Å². The number of nitrogens with zero attached hydrogens (tertiary/aromatic N) is 5. The van der Waals surface area contributed by atoms with Gasteiger partial charge in [-0.3, -0.25) is 0 Å². The van der Waals surface area contributed by atoms with E-state index >= 15 is 0 Å². The Hall–Kier alpha value is -3.42. The number of anilines is 3. The molecular weight excluding hydrogens is 366 g/mol. The highest BCUT2D eigenvalue weighted by atomic mass is 16.2. The summed E-state index contributed by atoms with van der Waals surface area (Å²) in [6.07, 6.45) is 9.02. The molecule has 0 unspecified atom stereocenters. The zero-order valence-electron chi connectivity index (χ0n) is 16.7. The highest BCUT2D eigenvalue weighted by Gasteiger charge is 2.20. The molecule has 3 heterocycles. The Kier molecular flexibility index (Phi) is 5.41. The first-order valence-corrected chi connectivity index (χ1v) is 9.83. The monoisotopic (exact) mass is 391 g/mol. The van der Waals surface area contributed by atoms with E-state index in [4.69, 9.17) is 0 Å².